The minimum Gasteiger partial charge on any atom is -0.493 e. The molecule has 0 aromatic heterocycles. The Labute approximate surface area is 133 Å². The minimum atomic E-state index is 0.510. The Balaban J connectivity index is 2.00. The lowest BCUT2D eigenvalue weighted by Gasteiger charge is -2.19. The van der Waals surface area contributed by atoms with Crippen LogP contribution in [-0.2, 0) is 11.3 Å². The molecule has 0 bridgehead atoms. The SMILES string of the molecule is CN=C(NCc1ccc(C)cc1OCC1CCOC1)N(C)C. The van der Waals surface area contributed by atoms with Crippen molar-refractivity contribution in [1.82, 2.24) is 10.2 Å². The monoisotopic (exact) mass is 305 g/mol. The minimum absolute atomic E-state index is 0.510. The van der Waals surface area contributed by atoms with Gasteiger partial charge in [0, 0.05) is 45.8 Å². The summed E-state index contributed by atoms with van der Waals surface area (Å²) >= 11 is 0. The molecular weight excluding hydrogens is 278 g/mol. The second-order valence-electron chi connectivity index (χ2n) is 5.95. The first-order valence-corrected chi connectivity index (χ1v) is 7.78. The Morgan fingerprint density at radius 2 is 2.27 bits per heavy atom. The van der Waals surface area contributed by atoms with Gasteiger partial charge in [-0.05, 0) is 25.0 Å². The van der Waals surface area contributed by atoms with Gasteiger partial charge in [-0.1, -0.05) is 12.1 Å². The molecular formula is C17H27N3O2. The first kappa shape index (κ1) is 16.6. The molecule has 5 nitrogen and oxygen atoms in total. The summed E-state index contributed by atoms with van der Waals surface area (Å²) in [4.78, 5) is 6.20. The number of hydrogen-bond acceptors (Lipinski definition) is 3. The van der Waals surface area contributed by atoms with Crippen LogP contribution in [0.4, 0.5) is 0 Å². The van der Waals surface area contributed by atoms with E-state index in [0.717, 1.165) is 43.5 Å². The summed E-state index contributed by atoms with van der Waals surface area (Å²) in [7, 11) is 5.74. The molecule has 1 fully saturated rings. The van der Waals surface area contributed by atoms with Crippen molar-refractivity contribution in [2.24, 2.45) is 10.9 Å². The maximum atomic E-state index is 6.05. The third-order valence-corrected chi connectivity index (χ3v) is 3.79. The quantitative estimate of drug-likeness (QED) is 0.668. The number of nitrogens with one attached hydrogen (secondary N) is 1. The fourth-order valence-electron chi connectivity index (χ4n) is 2.48. The van der Waals surface area contributed by atoms with Gasteiger partial charge in [0.05, 0.1) is 13.2 Å². The molecule has 1 N–H and O–H groups in total. The Morgan fingerprint density at radius 3 is 2.91 bits per heavy atom. The second kappa shape index (κ2) is 8.03. The van der Waals surface area contributed by atoms with E-state index in [1.165, 1.54) is 5.56 Å². The third kappa shape index (κ3) is 4.63. The molecule has 122 valence electrons. The maximum absolute atomic E-state index is 6.05. The largest absolute Gasteiger partial charge is 0.493 e. The van der Waals surface area contributed by atoms with Crippen LogP contribution in [0.5, 0.6) is 5.75 Å². The standard InChI is InChI=1S/C17H27N3O2/c1-13-5-6-15(10-19-17(18-2)20(3)4)16(9-13)22-12-14-7-8-21-11-14/h5-6,9,14H,7-8,10-12H2,1-4H3,(H,18,19). The summed E-state index contributed by atoms with van der Waals surface area (Å²) in [6.45, 7) is 5.17. The first-order valence-electron chi connectivity index (χ1n) is 7.78. The van der Waals surface area contributed by atoms with Gasteiger partial charge in [0.15, 0.2) is 5.96 Å². The van der Waals surface area contributed by atoms with Crippen molar-refractivity contribution >= 4 is 5.96 Å². The number of hydrogen-bond donors (Lipinski definition) is 1. The van der Waals surface area contributed by atoms with E-state index in [1.807, 2.05) is 19.0 Å². The number of aliphatic imine (C=N–C) groups is 1. The van der Waals surface area contributed by atoms with E-state index in [9.17, 15) is 0 Å². The molecule has 0 aliphatic carbocycles. The average Bonchev–Trinajstić information content (AvgIpc) is 3.00. The van der Waals surface area contributed by atoms with Gasteiger partial charge >= 0.3 is 0 Å². The second-order valence-corrected chi connectivity index (χ2v) is 5.95. The lowest BCUT2D eigenvalue weighted by Crippen LogP contribution is -2.35. The van der Waals surface area contributed by atoms with Crippen LogP contribution in [0.25, 0.3) is 0 Å². The van der Waals surface area contributed by atoms with Crippen LogP contribution in [-0.4, -0.2) is 51.8 Å². The molecule has 22 heavy (non-hydrogen) atoms. The number of aryl methyl sites for hydroxylation is 1. The molecule has 1 unspecified atom stereocenters. The number of guanidine groups is 1. The molecule has 0 saturated carbocycles. The van der Waals surface area contributed by atoms with Gasteiger partial charge < -0.3 is 19.7 Å². The van der Waals surface area contributed by atoms with Gasteiger partial charge in [0.2, 0.25) is 0 Å². The number of ether oxygens (including phenoxy) is 2. The van der Waals surface area contributed by atoms with Gasteiger partial charge in [-0.2, -0.15) is 0 Å². The molecule has 1 aromatic rings. The molecule has 1 aliphatic heterocycles. The smallest absolute Gasteiger partial charge is 0.193 e. The van der Waals surface area contributed by atoms with Crippen molar-refractivity contribution in [1.29, 1.82) is 0 Å². The molecule has 0 radical (unpaired) electrons. The Kier molecular flexibility index (Phi) is 6.07. The van der Waals surface area contributed by atoms with Crippen LogP contribution in [0.3, 0.4) is 0 Å². The summed E-state index contributed by atoms with van der Waals surface area (Å²) in [5, 5.41) is 3.34. The van der Waals surface area contributed by atoms with Crippen molar-refractivity contribution in [3.05, 3.63) is 29.3 Å². The van der Waals surface area contributed by atoms with Gasteiger partial charge in [0.1, 0.15) is 5.75 Å². The number of benzene rings is 1. The van der Waals surface area contributed by atoms with Crippen molar-refractivity contribution in [2.75, 3.05) is 41.0 Å². The van der Waals surface area contributed by atoms with Crippen LogP contribution in [0.15, 0.2) is 23.2 Å². The number of nitrogens with zero attached hydrogens (tertiary/aromatic N) is 2. The van der Waals surface area contributed by atoms with E-state index in [0.29, 0.717) is 12.5 Å². The van der Waals surface area contributed by atoms with Gasteiger partial charge in [-0.15, -0.1) is 0 Å². The predicted molar refractivity (Wildman–Crippen MR) is 89.5 cm³/mol. The summed E-state index contributed by atoms with van der Waals surface area (Å²) in [5.74, 6) is 2.32. The van der Waals surface area contributed by atoms with Crippen LogP contribution in [0, 0.1) is 12.8 Å². The molecule has 0 amide bonds. The topological polar surface area (TPSA) is 46.1 Å². The fraction of sp³-hybridized carbons (Fsp3) is 0.588. The molecule has 0 spiro atoms. The number of rotatable bonds is 5. The van der Waals surface area contributed by atoms with E-state index >= 15 is 0 Å². The van der Waals surface area contributed by atoms with Crippen molar-refractivity contribution in [3.8, 4) is 5.75 Å². The van der Waals surface area contributed by atoms with E-state index in [2.05, 4.69) is 35.4 Å². The van der Waals surface area contributed by atoms with Crippen molar-refractivity contribution in [3.63, 3.8) is 0 Å². The zero-order valence-corrected chi connectivity index (χ0v) is 14.1. The van der Waals surface area contributed by atoms with Crippen LogP contribution < -0.4 is 10.1 Å². The molecule has 1 atom stereocenters. The van der Waals surface area contributed by atoms with E-state index in [-0.39, 0.29) is 0 Å². The Bertz CT molecular complexity index is 509. The van der Waals surface area contributed by atoms with Gasteiger partial charge in [-0.3, -0.25) is 4.99 Å². The zero-order chi connectivity index (χ0) is 15.9. The third-order valence-electron chi connectivity index (χ3n) is 3.79. The summed E-state index contributed by atoms with van der Waals surface area (Å²) < 4.78 is 11.5. The van der Waals surface area contributed by atoms with Gasteiger partial charge in [-0.25, -0.2) is 0 Å². The van der Waals surface area contributed by atoms with Gasteiger partial charge in [0.25, 0.3) is 0 Å². The highest BCUT2D eigenvalue weighted by atomic mass is 16.5. The Morgan fingerprint density at radius 1 is 1.45 bits per heavy atom. The highest BCUT2D eigenvalue weighted by molar-refractivity contribution is 5.79. The van der Waals surface area contributed by atoms with E-state index < -0.39 is 0 Å². The summed E-state index contributed by atoms with van der Waals surface area (Å²) in [6, 6.07) is 6.33. The van der Waals surface area contributed by atoms with E-state index in [4.69, 9.17) is 9.47 Å². The highest BCUT2D eigenvalue weighted by Crippen LogP contribution is 2.22. The maximum Gasteiger partial charge on any atom is 0.193 e. The lowest BCUT2D eigenvalue weighted by molar-refractivity contribution is 0.166. The molecule has 5 heteroatoms. The van der Waals surface area contributed by atoms with Crippen molar-refractivity contribution in [2.45, 2.75) is 19.9 Å². The molecule has 1 aliphatic rings. The normalized spacial score (nSPS) is 18.4. The van der Waals surface area contributed by atoms with E-state index in [1.54, 1.807) is 7.05 Å². The van der Waals surface area contributed by atoms with Crippen molar-refractivity contribution < 1.29 is 9.47 Å². The van der Waals surface area contributed by atoms with Crippen LogP contribution in [0.2, 0.25) is 0 Å². The summed E-state index contributed by atoms with van der Waals surface area (Å²) in [5.41, 5.74) is 2.35. The zero-order valence-electron chi connectivity index (χ0n) is 14.1. The lowest BCUT2D eigenvalue weighted by atomic mass is 10.1. The van der Waals surface area contributed by atoms with Crippen LogP contribution >= 0.6 is 0 Å². The predicted octanol–water partition coefficient (Wildman–Crippen LogP) is 2.05. The molecule has 1 saturated heterocycles. The highest BCUT2D eigenvalue weighted by Gasteiger charge is 2.17. The molecule has 1 aromatic carbocycles. The molecule has 2 rings (SSSR count). The average molecular weight is 305 g/mol. The summed E-state index contributed by atoms with van der Waals surface area (Å²) in [6.07, 6.45) is 1.09. The molecule has 1 heterocycles. The first-order chi connectivity index (χ1) is 10.6. The Hall–Kier alpha value is -1.75. The van der Waals surface area contributed by atoms with Crippen LogP contribution in [0.1, 0.15) is 17.5 Å². The fourth-order valence-corrected chi connectivity index (χ4v) is 2.48.